The Balaban J connectivity index is 1.98. The van der Waals surface area contributed by atoms with E-state index in [0.29, 0.717) is 10.6 Å². The van der Waals surface area contributed by atoms with E-state index in [1.54, 1.807) is 18.4 Å². The highest BCUT2D eigenvalue weighted by Crippen LogP contribution is 2.39. The Morgan fingerprint density at radius 3 is 2.40 bits per heavy atom. The van der Waals surface area contributed by atoms with Crippen molar-refractivity contribution in [2.24, 2.45) is 0 Å². The Morgan fingerprint density at radius 1 is 1.00 bits per heavy atom. The zero-order chi connectivity index (χ0) is 21.4. The topological polar surface area (TPSA) is 32.9 Å². The van der Waals surface area contributed by atoms with Crippen LogP contribution in [0.1, 0.15) is 33.7 Å². The first kappa shape index (κ1) is 20.8. The number of hydrogen-bond acceptors (Lipinski definition) is 1. The van der Waals surface area contributed by atoms with Gasteiger partial charge in [0.1, 0.15) is 11.6 Å². The Bertz CT molecular complexity index is 1250. The monoisotopic (exact) mass is 443 g/mol. The second-order valence-corrected chi connectivity index (χ2v) is 9.31. The van der Waals surface area contributed by atoms with E-state index < -0.39 is 10.8 Å². The van der Waals surface area contributed by atoms with E-state index in [0.717, 1.165) is 33.2 Å². The molecule has 0 bridgehead atoms. The zero-order valence-electron chi connectivity index (χ0n) is 16.5. The molecule has 0 aliphatic carbocycles. The van der Waals surface area contributed by atoms with Crippen molar-refractivity contribution in [3.8, 4) is 0 Å². The van der Waals surface area contributed by atoms with Gasteiger partial charge in [-0.1, -0.05) is 29.8 Å². The molecule has 1 heterocycles. The molecule has 2 nitrogen and oxygen atoms in total. The molecule has 0 aliphatic heterocycles. The molecular formula is C24H20ClF2NOS. The molecule has 4 aromatic rings. The number of aryl methyl sites for hydroxylation is 1. The standard InChI is InChI=1S/C24H20ClF2NOS/c1-14-9-17(25)5-8-20(14)23(15-3-6-18(26)7-4-15)22-12-28-24-16(13-30(2)29)10-19(27)11-21(22)24/h3-12,23,28H,13H2,1-2H3. The van der Waals surface area contributed by atoms with Crippen LogP contribution in [-0.4, -0.2) is 15.4 Å². The van der Waals surface area contributed by atoms with E-state index in [9.17, 15) is 13.0 Å². The van der Waals surface area contributed by atoms with Gasteiger partial charge in [0, 0.05) is 39.6 Å². The normalized spacial score (nSPS) is 13.5. The molecule has 4 rings (SSSR count). The molecule has 0 saturated heterocycles. The number of benzene rings is 3. The predicted octanol–water partition coefficient (Wildman–Crippen LogP) is 6.47. The largest absolute Gasteiger partial charge is 0.361 e. The molecule has 30 heavy (non-hydrogen) atoms. The predicted molar refractivity (Wildman–Crippen MR) is 120 cm³/mol. The van der Waals surface area contributed by atoms with E-state index in [2.05, 4.69) is 4.98 Å². The van der Waals surface area contributed by atoms with E-state index in [-0.39, 0.29) is 23.3 Å². The van der Waals surface area contributed by atoms with Crippen molar-refractivity contribution in [1.82, 2.24) is 4.98 Å². The van der Waals surface area contributed by atoms with Gasteiger partial charge in [-0.3, -0.25) is 4.21 Å². The molecule has 1 N–H and O–H groups in total. The molecule has 2 atom stereocenters. The third kappa shape index (κ3) is 4.05. The number of rotatable bonds is 5. The summed E-state index contributed by atoms with van der Waals surface area (Å²) in [5.74, 6) is -0.689. The minimum Gasteiger partial charge on any atom is -0.361 e. The van der Waals surface area contributed by atoms with E-state index in [1.807, 2.05) is 31.3 Å². The number of aromatic nitrogens is 1. The Kier molecular flexibility index (Phi) is 5.76. The second kappa shape index (κ2) is 8.32. The molecule has 0 fully saturated rings. The molecule has 0 radical (unpaired) electrons. The third-order valence-electron chi connectivity index (χ3n) is 5.28. The number of aromatic amines is 1. The van der Waals surface area contributed by atoms with Crippen molar-refractivity contribution < 1.29 is 13.0 Å². The van der Waals surface area contributed by atoms with Gasteiger partial charge in [-0.15, -0.1) is 0 Å². The maximum atomic E-state index is 14.5. The molecule has 0 amide bonds. The third-order valence-corrected chi connectivity index (χ3v) is 6.24. The Labute approximate surface area is 181 Å². The number of H-pyrrole nitrogens is 1. The first-order valence-corrected chi connectivity index (χ1v) is 11.5. The summed E-state index contributed by atoms with van der Waals surface area (Å²) in [4.78, 5) is 3.25. The number of hydrogen-bond donors (Lipinski definition) is 1. The summed E-state index contributed by atoms with van der Waals surface area (Å²) in [6, 6.07) is 14.9. The minimum atomic E-state index is -1.11. The van der Waals surface area contributed by atoms with Crippen LogP contribution in [0, 0.1) is 18.6 Å². The summed E-state index contributed by atoms with van der Waals surface area (Å²) in [7, 11) is -1.11. The van der Waals surface area contributed by atoms with Crippen LogP contribution in [0.5, 0.6) is 0 Å². The lowest BCUT2D eigenvalue weighted by Crippen LogP contribution is -2.05. The molecular weight excluding hydrogens is 424 g/mol. The summed E-state index contributed by atoms with van der Waals surface area (Å²) >= 11 is 6.16. The fourth-order valence-corrected chi connectivity index (χ4v) is 4.90. The van der Waals surface area contributed by atoms with Gasteiger partial charge in [0.2, 0.25) is 0 Å². The van der Waals surface area contributed by atoms with Gasteiger partial charge in [-0.2, -0.15) is 0 Å². The van der Waals surface area contributed by atoms with Gasteiger partial charge >= 0.3 is 0 Å². The first-order valence-electron chi connectivity index (χ1n) is 9.44. The summed E-state index contributed by atoms with van der Waals surface area (Å²) in [6.07, 6.45) is 3.45. The summed E-state index contributed by atoms with van der Waals surface area (Å²) in [6.45, 7) is 1.97. The quantitative estimate of drug-likeness (QED) is 0.377. The van der Waals surface area contributed by atoms with Crippen LogP contribution >= 0.6 is 11.6 Å². The van der Waals surface area contributed by atoms with Gasteiger partial charge in [-0.05, 0) is 71.1 Å². The van der Waals surface area contributed by atoms with Gasteiger partial charge in [-0.25, -0.2) is 8.78 Å². The van der Waals surface area contributed by atoms with E-state index in [1.165, 1.54) is 24.3 Å². The molecule has 1 aromatic heterocycles. The van der Waals surface area contributed by atoms with Crippen molar-refractivity contribution in [1.29, 1.82) is 0 Å². The second-order valence-electron chi connectivity index (χ2n) is 7.43. The smallest absolute Gasteiger partial charge is 0.124 e. The van der Waals surface area contributed by atoms with Crippen LogP contribution in [0.2, 0.25) is 5.02 Å². The fraction of sp³-hybridized carbons (Fsp3) is 0.167. The Morgan fingerprint density at radius 2 is 1.73 bits per heavy atom. The highest BCUT2D eigenvalue weighted by atomic mass is 35.5. The van der Waals surface area contributed by atoms with Crippen molar-refractivity contribution in [3.63, 3.8) is 0 Å². The lowest BCUT2D eigenvalue weighted by atomic mass is 9.83. The molecule has 2 unspecified atom stereocenters. The minimum absolute atomic E-state index is 0.251. The van der Waals surface area contributed by atoms with Crippen molar-refractivity contribution in [2.45, 2.75) is 18.6 Å². The number of halogens is 3. The van der Waals surface area contributed by atoms with Crippen molar-refractivity contribution in [2.75, 3.05) is 6.26 Å². The highest BCUT2D eigenvalue weighted by molar-refractivity contribution is 7.83. The molecule has 0 spiro atoms. The molecule has 154 valence electrons. The van der Waals surface area contributed by atoms with Gasteiger partial charge in [0.15, 0.2) is 0 Å². The van der Waals surface area contributed by atoms with Crippen LogP contribution in [0.4, 0.5) is 8.78 Å². The molecule has 0 aliphatic rings. The molecule has 3 aromatic carbocycles. The van der Waals surface area contributed by atoms with Crippen LogP contribution < -0.4 is 0 Å². The van der Waals surface area contributed by atoms with Crippen LogP contribution in [0.3, 0.4) is 0 Å². The molecule has 0 saturated carbocycles. The van der Waals surface area contributed by atoms with Crippen LogP contribution in [-0.2, 0) is 16.6 Å². The maximum Gasteiger partial charge on any atom is 0.124 e. The average Bonchev–Trinajstić information content (AvgIpc) is 3.08. The SMILES string of the molecule is Cc1cc(Cl)ccc1C(c1ccc(F)cc1)c1c[nH]c2c(CS(C)=O)cc(F)cc12. The van der Waals surface area contributed by atoms with Gasteiger partial charge in [0.25, 0.3) is 0 Å². The highest BCUT2D eigenvalue weighted by Gasteiger charge is 2.23. The lowest BCUT2D eigenvalue weighted by Gasteiger charge is -2.20. The summed E-state index contributed by atoms with van der Waals surface area (Å²) in [5, 5.41) is 1.35. The Hall–Kier alpha value is -2.50. The van der Waals surface area contributed by atoms with Gasteiger partial charge < -0.3 is 4.98 Å². The van der Waals surface area contributed by atoms with Crippen molar-refractivity contribution >= 4 is 33.3 Å². The average molecular weight is 444 g/mol. The summed E-state index contributed by atoms with van der Waals surface area (Å²) < 4.78 is 39.9. The van der Waals surface area contributed by atoms with Crippen LogP contribution in [0.15, 0.2) is 60.8 Å². The zero-order valence-corrected chi connectivity index (χ0v) is 18.1. The molecule has 6 heteroatoms. The lowest BCUT2D eigenvalue weighted by molar-refractivity contribution is 0.627. The summed E-state index contributed by atoms with van der Waals surface area (Å²) in [5.41, 5.74) is 5.16. The van der Waals surface area contributed by atoms with Gasteiger partial charge in [0.05, 0.1) is 11.3 Å². The van der Waals surface area contributed by atoms with Crippen molar-refractivity contribution in [3.05, 3.63) is 105 Å². The number of fused-ring (bicyclic) bond motifs is 1. The number of nitrogens with one attached hydrogen (secondary N) is 1. The van der Waals surface area contributed by atoms with E-state index >= 15 is 0 Å². The fourth-order valence-electron chi connectivity index (χ4n) is 4.01. The van der Waals surface area contributed by atoms with Crippen LogP contribution in [0.25, 0.3) is 10.9 Å². The first-order chi connectivity index (χ1) is 14.3. The maximum absolute atomic E-state index is 14.5. The van der Waals surface area contributed by atoms with E-state index in [4.69, 9.17) is 11.6 Å².